The first-order valence-corrected chi connectivity index (χ1v) is 9.13. The molecule has 5 rings (SSSR count). The number of hydrogen-bond acceptors (Lipinski definition) is 7. The topological polar surface area (TPSA) is 123 Å². The molecule has 1 saturated heterocycles. The van der Waals surface area contributed by atoms with Crippen LogP contribution in [0.4, 0.5) is 0 Å². The summed E-state index contributed by atoms with van der Waals surface area (Å²) in [5, 5.41) is 10.5. The Morgan fingerprint density at radius 1 is 1.24 bits per heavy atom. The van der Waals surface area contributed by atoms with E-state index in [2.05, 4.69) is 20.6 Å². The fourth-order valence-corrected chi connectivity index (χ4v) is 3.69. The van der Waals surface area contributed by atoms with Crippen molar-refractivity contribution in [2.45, 2.75) is 32.4 Å². The highest BCUT2D eigenvalue weighted by Gasteiger charge is 2.39. The number of rotatable bonds is 3. The van der Waals surface area contributed by atoms with Crippen molar-refractivity contribution in [3.63, 3.8) is 0 Å². The number of nitrogens with zero attached hydrogens (tertiary/aromatic N) is 5. The van der Waals surface area contributed by atoms with Gasteiger partial charge < -0.3 is 9.32 Å². The second-order valence-electron chi connectivity index (χ2n) is 7.03. The summed E-state index contributed by atoms with van der Waals surface area (Å²) in [4.78, 5) is 41.9. The number of carbonyl (C=O) groups is 3. The Morgan fingerprint density at radius 2 is 2.10 bits per heavy atom. The second-order valence-corrected chi connectivity index (χ2v) is 7.03. The van der Waals surface area contributed by atoms with E-state index in [1.165, 1.54) is 4.90 Å². The Balaban J connectivity index is 1.41. The third-order valence-electron chi connectivity index (χ3n) is 5.14. The Hall–Kier alpha value is -3.82. The standard InChI is InChI=1S/C19H16N6O4/c1-10-20-7-16(29-10)14-9-25(23-22-14)12-2-3-13-11(6-12)8-24(19(13)28)15-4-5-17(26)21-18(15)27/h2-3,6-7,9,15H,4-5,8H2,1H3,(H,21,26,27). The van der Waals surface area contributed by atoms with Crippen LogP contribution in [0.5, 0.6) is 0 Å². The molecule has 3 aromatic rings. The van der Waals surface area contributed by atoms with Crippen molar-refractivity contribution in [2.24, 2.45) is 0 Å². The minimum absolute atomic E-state index is 0.211. The maximum atomic E-state index is 12.8. The number of fused-ring (bicyclic) bond motifs is 1. The van der Waals surface area contributed by atoms with Crippen LogP contribution in [0.1, 0.15) is 34.7 Å². The first-order chi connectivity index (χ1) is 14.0. The van der Waals surface area contributed by atoms with Crippen molar-refractivity contribution in [1.82, 2.24) is 30.2 Å². The van der Waals surface area contributed by atoms with Gasteiger partial charge in [-0.15, -0.1) is 5.10 Å². The van der Waals surface area contributed by atoms with Gasteiger partial charge in [-0.3, -0.25) is 19.7 Å². The van der Waals surface area contributed by atoms with E-state index in [0.29, 0.717) is 35.9 Å². The zero-order chi connectivity index (χ0) is 20.1. The maximum Gasteiger partial charge on any atom is 0.255 e. The summed E-state index contributed by atoms with van der Waals surface area (Å²) in [6, 6.07) is 4.71. The summed E-state index contributed by atoms with van der Waals surface area (Å²) in [6.07, 6.45) is 3.87. The van der Waals surface area contributed by atoms with Crippen LogP contribution in [0.2, 0.25) is 0 Å². The van der Waals surface area contributed by atoms with Crippen LogP contribution in [0.25, 0.3) is 17.1 Å². The zero-order valence-corrected chi connectivity index (χ0v) is 15.5. The summed E-state index contributed by atoms with van der Waals surface area (Å²) in [5.41, 5.74) is 2.62. The molecule has 2 aliphatic heterocycles. The van der Waals surface area contributed by atoms with E-state index in [9.17, 15) is 14.4 Å². The first-order valence-electron chi connectivity index (χ1n) is 9.13. The molecule has 0 saturated carbocycles. The lowest BCUT2D eigenvalue weighted by molar-refractivity contribution is -0.136. The van der Waals surface area contributed by atoms with Crippen molar-refractivity contribution in [1.29, 1.82) is 0 Å². The highest BCUT2D eigenvalue weighted by Crippen LogP contribution is 2.29. The zero-order valence-electron chi connectivity index (χ0n) is 15.5. The molecule has 1 atom stereocenters. The summed E-state index contributed by atoms with van der Waals surface area (Å²) >= 11 is 0. The monoisotopic (exact) mass is 392 g/mol. The third kappa shape index (κ3) is 2.89. The molecule has 3 amide bonds. The van der Waals surface area contributed by atoms with Gasteiger partial charge in [-0.25, -0.2) is 9.67 Å². The summed E-state index contributed by atoms with van der Waals surface area (Å²) in [5.74, 6) is 0.123. The van der Waals surface area contributed by atoms with Crippen LogP contribution in [-0.4, -0.2) is 48.6 Å². The molecule has 10 heteroatoms. The van der Waals surface area contributed by atoms with Gasteiger partial charge in [0.1, 0.15) is 6.04 Å². The molecule has 1 N–H and O–H groups in total. The highest BCUT2D eigenvalue weighted by molar-refractivity contribution is 6.05. The van der Waals surface area contributed by atoms with Crippen molar-refractivity contribution in [3.05, 3.63) is 47.6 Å². The molecule has 2 aliphatic rings. The van der Waals surface area contributed by atoms with Gasteiger partial charge in [-0.2, -0.15) is 0 Å². The maximum absolute atomic E-state index is 12.8. The Morgan fingerprint density at radius 3 is 2.86 bits per heavy atom. The summed E-state index contributed by atoms with van der Waals surface area (Å²) in [7, 11) is 0. The molecule has 0 radical (unpaired) electrons. The molecule has 0 spiro atoms. The van der Waals surface area contributed by atoms with E-state index in [1.807, 2.05) is 6.07 Å². The normalized spacial score (nSPS) is 18.9. The number of aryl methyl sites for hydroxylation is 1. The lowest BCUT2D eigenvalue weighted by Gasteiger charge is -2.29. The first kappa shape index (κ1) is 17.3. The van der Waals surface area contributed by atoms with Gasteiger partial charge in [0.25, 0.3) is 5.91 Å². The van der Waals surface area contributed by atoms with E-state index < -0.39 is 11.9 Å². The van der Waals surface area contributed by atoms with Crippen LogP contribution in [0, 0.1) is 6.92 Å². The van der Waals surface area contributed by atoms with Gasteiger partial charge >= 0.3 is 0 Å². The van der Waals surface area contributed by atoms with Crippen LogP contribution in [-0.2, 0) is 16.1 Å². The largest absolute Gasteiger partial charge is 0.439 e. The van der Waals surface area contributed by atoms with Gasteiger partial charge in [0, 0.05) is 25.5 Å². The fraction of sp³-hybridized carbons (Fsp3) is 0.263. The van der Waals surface area contributed by atoms with Crippen LogP contribution >= 0.6 is 0 Å². The van der Waals surface area contributed by atoms with E-state index in [-0.39, 0.29) is 18.2 Å². The number of amides is 3. The van der Waals surface area contributed by atoms with Crippen LogP contribution in [0.15, 0.2) is 35.0 Å². The summed E-state index contributed by atoms with van der Waals surface area (Å²) < 4.78 is 7.06. The Bertz CT molecular complexity index is 1160. The number of carbonyl (C=O) groups excluding carboxylic acids is 3. The molecule has 146 valence electrons. The van der Waals surface area contributed by atoms with Gasteiger partial charge in [0.2, 0.25) is 11.8 Å². The lowest BCUT2D eigenvalue weighted by Crippen LogP contribution is -2.52. The molecule has 1 unspecified atom stereocenters. The van der Waals surface area contributed by atoms with Gasteiger partial charge in [0.05, 0.1) is 18.1 Å². The molecular formula is C19H16N6O4. The minimum Gasteiger partial charge on any atom is -0.439 e. The van der Waals surface area contributed by atoms with E-state index in [4.69, 9.17) is 4.42 Å². The smallest absolute Gasteiger partial charge is 0.255 e. The predicted octanol–water partition coefficient (Wildman–Crippen LogP) is 0.992. The Labute approximate surface area is 164 Å². The lowest BCUT2D eigenvalue weighted by atomic mass is 10.0. The van der Waals surface area contributed by atoms with Crippen molar-refractivity contribution in [3.8, 4) is 17.1 Å². The molecule has 0 bridgehead atoms. The van der Waals surface area contributed by atoms with Gasteiger partial charge in [-0.05, 0) is 30.2 Å². The second kappa shape index (κ2) is 6.36. The molecular weight excluding hydrogens is 376 g/mol. The van der Waals surface area contributed by atoms with Gasteiger partial charge in [0.15, 0.2) is 17.3 Å². The minimum atomic E-state index is -0.635. The number of nitrogens with one attached hydrogen (secondary N) is 1. The van der Waals surface area contributed by atoms with Crippen molar-refractivity contribution < 1.29 is 18.8 Å². The number of imide groups is 1. The van der Waals surface area contributed by atoms with Crippen LogP contribution in [0.3, 0.4) is 0 Å². The van der Waals surface area contributed by atoms with E-state index >= 15 is 0 Å². The van der Waals surface area contributed by atoms with E-state index in [1.54, 1.807) is 36.1 Å². The third-order valence-corrected chi connectivity index (χ3v) is 5.14. The fourth-order valence-electron chi connectivity index (χ4n) is 3.69. The quantitative estimate of drug-likeness (QED) is 0.659. The average molecular weight is 392 g/mol. The molecule has 0 aliphatic carbocycles. The van der Waals surface area contributed by atoms with Crippen LogP contribution < -0.4 is 5.32 Å². The number of piperidine rings is 1. The molecule has 1 fully saturated rings. The highest BCUT2D eigenvalue weighted by atomic mass is 16.4. The average Bonchev–Trinajstić information content (AvgIpc) is 3.41. The molecule has 10 nitrogen and oxygen atoms in total. The molecule has 2 aromatic heterocycles. The number of benzene rings is 1. The SMILES string of the molecule is Cc1ncc(-c2cn(-c3ccc4c(c3)CN(C3CCC(=O)NC3=O)C4=O)nn2)o1. The van der Waals surface area contributed by atoms with E-state index in [0.717, 1.165) is 11.3 Å². The number of oxazole rings is 1. The Kier molecular flexibility index (Phi) is 3.79. The predicted molar refractivity (Wildman–Crippen MR) is 97.6 cm³/mol. The van der Waals surface area contributed by atoms with Gasteiger partial charge in [-0.1, -0.05) is 5.21 Å². The molecule has 29 heavy (non-hydrogen) atoms. The van der Waals surface area contributed by atoms with Crippen molar-refractivity contribution >= 4 is 17.7 Å². The number of hydrogen-bond donors (Lipinski definition) is 1. The van der Waals surface area contributed by atoms with Crippen molar-refractivity contribution in [2.75, 3.05) is 0 Å². The number of aromatic nitrogens is 4. The summed E-state index contributed by atoms with van der Waals surface area (Å²) in [6.45, 7) is 2.05. The molecule has 1 aromatic carbocycles. The molecule has 4 heterocycles.